The maximum Gasteiger partial charge on any atom is 0.410 e. The SMILES string of the molecule is CCCCCCCCO[C@H]1[C@H](N(C)C(=O)OC(C)(C)C)[C@@H](OCc2ccccc2)C[C@H]1OCc1ccccc1. The second-order valence-corrected chi connectivity index (χ2v) is 11.6. The lowest BCUT2D eigenvalue weighted by Gasteiger charge is -2.35. The van der Waals surface area contributed by atoms with Crippen molar-refractivity contribution < 1.29 is 23.7 Å². The molecule has 216 valence electrons. The zero-order valence-corrected chi connectivity index (χ0v) is 24.6. The van der Waals surface area contributed by atoms with Crippen molar-refractivity contribution in [1.29, 1.82) is 0 Å². The number of unbranched alkanes of at least 4 members (excludes halogenated alkanes) is 5. The minimum Gasteiger partial charge on any atom is -0.444 e. The molecule has 6 heteroatoms. The summed E-state index contributed by atoms with van der Waals surface area (Å²) in [5.41, 5.74) is 1.61. The van der Waals surface area contributed by atoms with Crippen LogP contribution in [0, 0.1) is 0 Å². The van der Waals surface area contributed by atoms with Crippen LogP contribution in [0.5, 0.6) is 0 Å². The van der Waals surface area contributed by atoms with Crippen LogP contribution in [0.25, 0.3) is 0 Å². The predicted octanol–water partition coefficient (Wildman–Crippen LogP) is 7.54. The molecule has 0 heterocycles. The average molecular weight is 540 g/mol. The van der Waals surface area contributed by atoms with Crippen molar-refractivity contribution >= 4 is 6.09 Å². The van der Waals surface area contributed by atoms with Crippen molar-refractivity contribution in [3.8, 4) is 0 Å². The van der Waals surface area contributed by atoms with Crippen molar-refractivity contribution in [2.45, 2.75) is 116 Å². The second-order valence-electron chi connectivity index (χ2n) is 11.6. The predicted molar refractivity (Wildman–Crippen MR) is 156 cm³/mol. The van der Waals surface area contributed by atoms with Crippen molar-refractivity contribution in [1.82, 2.24) is 4.90 Å². The van der Waals surface area contributed by atoms with Crippen LogP contribution in [0.4, 0.5) is 4.79 Å². The van der Waals surface area contributed by atoms with Crippen molar-refractivity contribution in [2.75, 3.05) is 13.7 Å². The first-order valence-corrected chi connectivity index (χ1v) is 14.7. The third-order valence-corrected chi connectivity index (χ3v) is 7.10. The van der Waals surface area contributed by atoms with Gasteiger partial charge in [-0.15, -0.1) is 0 Å². The molecule has 1 saturated carbocycles. The molecule has 2 aromatic rings. The van der Waals surface area contributed by atoms with E-state index in [-0.39, 0.29) is 30.4 Å². The lowest BCUT2D eigenvalue weighted by atomic mass is 10.1. The van der Waals surface area contributed by atoms with Crippen molar-refractivity contribution in [2.24, 2.45) is 0 Å². The van der Waals surface area contributed by atoms with Gasteiger partial charge in [0.05, 0.1) is 31.5 Å². The Bertz CT molecular complexity index is 946. The number of likely N-dealkylation sites (N-methyl/N-ethyl adjacent to an activating group) is 1. The number of carbonyl (C=O) groups is 1. The summed E-state index contributed by atoms with van der Waals surface area (Å²) in [4.78, 5) is 14.9. The molecule has 6 nitrogen and oxygen atoms in total. The molecule has 4 atom stereocenters. The first kappa shape index (κ1) is 31.1. The van der Waals surface area contributed by atoms with E-state index < -0.39 is 5.60 Å². The molecule has 1 aliphatic carbocycles. The van der Waals surface area contributed by atoms with Gasteiger partial charge in [0, 0.05) is 20.1 Å². The highest BCUT2D eigenvalue weighted by Gasteiger charge is 2.49. The molecule has 0 saturated heterocycles. The summed E-state index contributed by atoms with van der Waals surface area (Å²) in [7, 11) is 1.79. The fourth-order valence-electron chi connectivity index (χ4n) is 5.05. The van der Waals surface area contributed by atoms with Crippen molar-refractivity contribution in [3.05, 3.63) is 71.8 Å². The quantitative estimate of drug-likeness (QED) is 0.219. The average Bonchev–Trinajstić information content (AvgIpc) is 3.27. The van der Waals surface area contributed by atoms with E-state index in [1.54, 1.807) is 11.9 Å². The highest BCUT2D eigenvalue weighted by molar-refractivity contribution is 5.68. The molecule has 0 aromatic heterocycles. The Kier molecular flexibility index (Phi) is 12.8. The van der Waals surface area contributed by atoms with Gasteiger partial charge >= 0.3 is 6.09 Å². The Morgan fingerprint density at radius 2 is 1.33 bits per heavy atom. The first-order valence-electron chi connectivity index (χ1n) is 14.7. The van der Waals surface area contributed by atoms with E-state index in [2.05, 4.69) is 31.2 Å². The van der Waals surface area contributed by atoms with Gasteiger partial charge in [0.25, 0.3) is 0 Å². The molecule has 0 spiro atoms. The number of nitrogens with zero attached hydrogens (tertiary/aromatic N) is 1. The highest BCUT2D eigenvalue weighted by atomic mass is 16.6. The van der Waals surface area contributed by atoms with Crippen LogP contribution in [0.2, 0.25) is 0 Å². The molecule has 1 amide bonds. The summed E-state index contributed by atoms with van der Waals surface area (Å²) in [5.74, 6) is 0. The number of carbonyl (C=O) groups excluding carboxylic acids is 1. The van der Waals surface area contributed by atoms with E-state index in [1.807, 2.05) is 57.2 Å². The summed E-state index contributed by atoms with van der Waals surface area (Å²) in [6.07, 6.45) is 6.62. The number of amides is 1. The molecule has 0 aliphatic heterocycles. The molecule has 0 radical (unpaired) electrons. The van der Waals surface area contributed by atoms with Gasteiger partial charge in [-0.1, -0.05) is 99.7 Å². The molecular weight excluding hydrogens is 490 g/mol. The molecule has 1 aliphatic rings. The Morgan fingerprint density at radius 1 is 0.795 bits per heavy atom. The molecule has 3 rings (SSSR count). The zero-order chi connectivity index (χ0) is 28.1. The minimum atomic E-state index is -0.595. The fraction of sp³-hybridized carbons (Fsp3) is 0.606. The summed E-state index contributed by atoms with van der Waals surface area (Å²) >= 11 is 0. The second kappa shape index (κ2) is 16.0. The van der Waals surface area contributed by atoms with Crippen LogP contribution in [-0.2, 0) is 32.2 Å². The van der Waals surface area contributed by atoms with Gasteiger partial charge in [-0.3, -0.25) is 0 Å². The Morgan fingerprint density at radius 3 is 1.90 bits per heavy atom. The lowest BCUT2D eigenvalue weighted by molar-refractivity contribution is -0.0903. The molecule has 0 bridgehead atoms. The number of hydrogen-bond donors (Lipinski definition) is 0. The van der Waals surface area contributed by atoms with Gasteiger partial charge in [-0.25, -0.2) is 4.79 Å². The van der Waals surface area contributed by atoms with Gasteiger partial charge in [0.15, 0.2) is 0 Å². The van der Waals surface area contributed by atoms with Crippen molar-refractivity contribution in [3.63, 3.8) is 0 Å². The Balaban J connectivity index is 1.76. The maximum absolute atomic E-state index is 13.2. The Labute approximate surface area is 236 Å². The topological polar surface area (TPSA) is 57.2 Å². The van der Waals surface area contributed by atoms with E-state index in [0.29, 0.717) is 26.2 Å². The largest absolute Gasteiger partial charge is 0.444 e. The lowest BCUT2D eigenvalue weighted by Crippen LogP contribution is -2.51. The summed E-state index contributed by atoms with van der Waals surface area (Å²) in [6, 6.07) is 20.0. The van der Waals surface area contributed by atoms with Crippen LogP contribution in [0.15, 0.2) is 60.7 Å². The molecule has 39 heavy (non-hydrogen) atoms. The molecule has 2 aromatic carbocycles. The molecular formula is C33H49NO5. The summed E-state index contributed by atoms with van der Waals surface area (Å²) in [6.45, 7) is 9.46. The molecule has 0 N–H and O–H groups in total. The van der Waals surface area contributed by atoms with Crippen LogP contribution in [-0.4, -0.2) is 54.6 Å². The van der Waals surface area contributed by atoms with Gasteiger partial charge in [0.2, 0.25) is 0 Å². The number of rotatable bonds is 15. The monoisotopic (exact) mass is 539 g/mol. The van der Waals surface area contributed by atoms with Gasteiger partial charge in [0.1, 0.15) is 11.7 Å². The van der Waals surface area contributed by atoms with Crippen LogP contribution in [0.3, 0.4) is 0 Å². The fourth-order valence-corrected chi connectivity index (χ4v) is 5.05. The maximum atomic E-state index is 13.2. The van der Waals surface area contributed by atoms with E-state index in [4.69, 9.17) is 18.9 Å². The highest BCUT2D eigenvalue weighted by Crippen LogP contribution is 2.34. The summed E-state index contributed by atoms with van der Waals surface area (Å²) in [5, 5.41) is 0. The first-order chi connectivity index (χ1) is 18.8. The normalized spacial score (nSPS) is 21.2. The smallest absolute Gasteiger partial charge is 0.410 e. The standard InChI is InChI=1S/C33H49NO5/c1-6-7-8-9-10-17-22-36-31-29(38-25-27-20-15-12-16-21-27)23-28(37-24-26-18-13-11-14-19-26)30(31)34(5)32(35)39-33(2,3)4/h11-16,18-21,28-31H,6-10,17,22-25H2,1-5H3/t28-,29+,30+,31+/m0/s1. The van der Waals surface area contributed by atoms with Gasteiger partial charge in [-0.05, 0) is 38.3 Å². The van der Waals surface area contributed by atoms with Crippen LogP contribution in [0.1, 0.15) is 83.8 Å². The van der Waals surface area contributed by atoms with E-state index in [0.717, 1.165) is 24.0 Å². The van der Waals surface area contributed by atoms with E-state index >= 15 is 0 Å². The van der Waals surface area contributed by atoms with Gasteiger partial charge < -0.3 is 23.8 Å². The third kappa shape index (κ3) is 10.6. The number of benzene rings is 2. The van der Waals surface area contributed by atoms with E-state index in [1.165, 1.54) is 25.7 Å². The Hall–Kier alpha value is -2.41. The summed E-state index contributed by atoms with van der Waals surface area (Å²) < 4.78 is 25.3. The third-order valence-electron chi connectivity index (χ3n) is 7.10. The number of hydrogen-bond acceptors (Lipinski definition) is 5. The van der Waals surface area contributed by atoms with Crippen LogP contribution < -0.4 is 0 Å². The minimum absolute atomic E-state index is 0.207. The zero-order valence-electron chi connectivity index (χ0n) is 24.6. The van der Waals surface area contributed by atoms with E-state index in [9.17, 15) is 4.79 Å². The molecule has 0 unspecified atom stereocenters. The number of ether oxygens (including phenoxy) is 4. The van der Waals surface area contributed by atoms with Gasteiger partial charge in [-0.2, -0.15) is 0 Å². The van der Waals surface area contributed by atoms with Crippen LogP contribution >= 0.6 is 0 Å². The molecule has 1 fully saturated rings.